The van der Waals surface area contributed by atoms with E-state index in [9.17, 15) is 9.59 Å². The monoisotopic (exact) mass is 232 g/mol. The average Bonchev–Trinajstić information content (AvgIpc) is 2.17. The molecular formula is C9H16N2O3S. The van der Waals surface area contributed by atoms with Gasteiger partial charge < -0.3 is 15.3 Å². The van der Waals surface area contributed by atoms with Crippen molar-refractivity contribution in [1.82, 2.24) is 10.2 Å². The first-order chi connectivity index (χ1) is 7.00. The highest BCUT2D eigenvalue weighted by Crippen LogP contribution is 2.17. The molecule has 0 bridgehead atoms. The molecule has 0 aromatic rings. The predicted molar refractivity (Wildman–Crippen MR) is 59.1 cm³/mol. The summed E-state index contributed by atoms with van der Waals surface area (Å²) >= 11 is 1.83. The number of aliphatic carboxylic acids is 1. The van der Waals surface area contributed by atoms with Crippen LogP contribution in [0.1, 0.15) is 13.8 Å². The zero-order valence-corrected chi connectivity index (χ0v) is 9.71. The van der Waals surface area contributed by atoms with E-state index in [0.29, 0.717) is 18.3 Å². The van der Waals surface area contributed by atoms with Crippen LogP contribution < -0.4 is 5.32 Å². The smallest absolute Gasteiger partial charge is 0.325 e. The van der Waals surface area contributed by atoms with Gasteiger partial charge in [0.05, 0.1) is 0 Å². The summed E-state index contributed by atoms with van der Waals surface area (Å²) in [5.74, 6) is -0.0986. The fourth-order valence-electron chi connectivity index (χ4n) is 1.34. The number of hydrogen-bond acceptors (Lipinski definition) is 3. The van der Waals surface area contributed by atoms with Gasteiger partial charge in [0.1, 0.15) is 6.04 Å². The number of nitrogens with one attached hydrogen (secondary N) is 1. The highest BCUT2D eigenvalue weighted by molar-refractivity contribution is 7.99. The molecule has 86 valence electrons. The predicted octanol–water partition coefficient (Wildman–Crippen LogP) is 0.606. The van der Waals surface area contributed by atoms with E-state index < -0.39 is 12.0 Å². The maximum absolute atomic E-state index is 11.6. The number of carbonyl (C=O) groups is 2. The second-order valence-corrected chi connectivity index (χ2v) is 5.18. The number of carboxylic acid groups (broad SMARTS) is 1. The quantitative estimate of drug-likeness (QED) is 0.731. The number of urea groups is 1. The van der Waals surface area contributed by atoms with Crippen molar-refractivity contribution in [2.75, 3.05) is 18.8 Å². The van der Waals surface area contributed by atoms with Gasteiger partial charge in [0.25, 0.3) is 0 Å². The van der Waals surface area contributed by atoms with Gasteiger partial charge >= 0.3 is 12.0 Å². The molecule has 0 aromatic heterocycles. The van der Waals surface area contributed by atoms with Crippen LogP contribution in [0.15, 0.2) is 0 Å². The maximum atomic E-state index is 11.6. The van der Waals surface area contributed by atoms with Gasteiger partial charge in [-0.15, -0.1) is 0 Å². The van der Waals surface area contributed by atoms with Crippen molar-refractivity contribution >= 4 is 23.8 Å². The third-order valence-electron chi connectivity index (χ3n) is 2.24. The molecule has 1 rings (SSSR count). The summed E-state index contributed by atoms with van der Waals surface area (Å²) in [5.41, 5.74) is 0. The lowest BCUT2D eigenvalue weighted by molar-refractivity contribution is -0.138. The molecule has 5 nitrogen and oxygen atoms in total. The zero-order valence-electron chi connectivity index (χ0n) is 8.90. The van der Waals surface area contributed by atoms with Crippen molar-refractivity contribution in [1.29, 1.82) is 0 Å². The van der Waals surface area contributed by atoms with Crippen molar-refractivity contribution in [3.8, 4) is 0 Å². The van der Waals surface area contributed by atoms with Gasteiger partial charge in [-0.1, -0.05) is 6.92 Å². The first kappa shape index (κ1) is 12.2. The number of hydrogen-bond donors (Lipinski definition) is 2. The Hall–Kier alpha value is -0.910. The SMILES string of the molecule is CC1CN(C(=O)N[C@H](C)C(=O)O)CCS1. The van der Waals surface area contributed by atoms with Crippen LogP contribution in [0.25, 0.3) is 0 Å². The first-order valence-corrected chi connectivity index (χ1v) is 5.95. The molecule has 0 aliphatic carbocycles. The van der Waals surface area contributed by atoms with Crippen LogP contribution >= 0.6 is 11.8 Å². The molecule has 1 heterocycles. The van der Waals surface area contributed by atoms with Crippen LogP contribution in [0.5, 0.6) is 0 Å². The molecule has 6 heteroatoms. The fourth-order valence-corrected chi connectivity index (χ4v) is 2.35. The van der Waals surface area contributed by atoms with Gasteiger partial charge in [-0.3, -0.25) is 4.79 Å². The number of rotatable bonds is 2. The highest BCUT2D eigenvalue weighted by atomic mass is 32.2. The third kappa shape index (κ3) is 3.62. The minimum atomic E-state index is -1.01. The van der Waals surface area contributed by atoms with Crippen molar-refractivity contribution in [3.05, 3.63) is 0 Å². The number of nitrogens with zero attached hydrogens (tertiary/aromatic N) is 1. The van der Waals surface area contributed by atoms with E-state index in [0.717, 1.165) is 5.75 Å². The standard InChI is InChI=1S/C9H16N2O3S/c1-6-5-11(3-4-15-6)9(14)10-7(2)8(12)13/h6-7H,3-5H2,1-2H3,(H,10,14)(H,12,13)/t6?,7-/m1/s1. The molecule has 0 aromatic carbocycles. The van der Waals surface area contributed by atoms with Gasteiger partial charge in [-0.05, 0) is 6.92 Å². The van der Waals surface area contributed by atoms with Crippen LogP contribution in [-0.4, -0.2) is 52.1 Å². The molecule has 2 amide bonds. The van der Waals surface area contributed by atoms with Crippen LogP contribution in [0.3, 0.4) is 0 Å². The van der Waals surface area contributed by atoms with Crippen LogP contribution in [0, 0.1) is 0 Å². The molecule has 1 fully saturated rings. The molecule has 0 radical (unpaired) electrons. The molecule has 0 saturated carbocycles. The van der Waals surface area contributed by atoms with E-state index in [2.05, 4.69) is 12.2 Å². The fraction of sp³-hybridized carbons (Fsp3) is 0.778. The van der Waals surface area contributed by atoms with E-state index in [-0.39, 0.29) is 6.03 Å². The number of thioether (sulfide) groups is 1. The van der Waals surface area contributed by atoms with Crippen LogP contribution in [0.2, 0.25) is 0 Å². The second-order valence-electron chi connectivity index (χ2n) is 3.64. The van der Waals surface area contributed by atoms with E-state index in [1.807, 2.05) is 11.8 Å². The van der Waals surface area contributed by atoms with E-state index in [4.69, 9.17) is 5.11 Å². The summed E-state index contributed by atoms with van der Waals surface area (Å²) in [6.45, 7) is 4.89. The maximum Gasteiger partial charge on any atom is 0.325 e. The third-order valence-corrected chi connectivity index (χ3v) is 3.38. The first-order valence-electron chi connectivity index (χ1n) is 4.90. The van der Waals surface area contributed by atoms with Crippen molar-refractivity contribution in [2.24, 2.45) is 0 Å². The average molecular weight is 232 g/mol. The Kier molecular flexibility index (Phi) is 4.26. The lowest BCUT2D eigenvalue weighted by Crippen LogP contribution is -2.50. The topological polar surface area (TPSA) is 69.6 Å². The minimum Gasteiger partial charge on any atom is -0.480 e. The summed E-state index contributed by atoms with van der Waals surface area (Å²) in [5, 5.41) is 11.5. The van der Waals surface area contributed by atoms with Gasteiger partial charge in [0.2, 0.25) is 0 Å². The lowest BCUT2D eigenvalue weighted by atomic mass is 10.3. The number of carboxylic acids is 1. The Labute approximate surface area is 93.2 Å². The second kappa shape index (κ2) is 5.25. The normalized spacial score (nSPS) is 23.3. The Morgan fingerprint density at radius 2 is 2.27 bits per heavy atom. The van der Waals surface area contributed by atoms with Crippen molar-refractivity contribution in [2.45, 2.75) is 25.1 Å². The van der Waals surface area contributed by atoms with Gasteiger partial charge in [-0.25, -0.2) is 4.79 Å². The number of carbonyl (C=O) groups excluding carboxylic acids is 1. The van der Waals surface area contributed by atoms with E-state index in [1.54, 1.807) is 4.90 Å². The summed E-state index contributed by atoms with van der Waals surface area (Å²) in [6.07, 6.45) is 0. The van der Waals surface area contributed by atoms with Crippen LogP contribution in [-0.2, 0) is 4.79 Å². The summed E-state index contributed by atoms with van der Waals surface area (Å²) in [4.78, 5) is 23.8. The Morgan fingerprint density at radius 1 is 1.60 bits per heavy atom. The van der Waals surface area contributed by atoms with Gasteiger partial charge in [0.15, 0.2) is 0 Å². The molecule has 1 aliphatic rings. The summed E-state index contributed by atoms with van der Waals surface area (Å²) < 4.78 is 0. The van der Waals surface area contributed by atoms with Crippen LogP contribution in [0.4, 0.5) is 4.79 Å². The molecule has 1 saturated heterocycles. The van der Waals surface area contributed by atoms with E-state index >= 15 is 0 Å². The van der Waals surface area contributed by atoms with E-state index in [1.165, 1.54) is 6.92 Å². The minimum absolute atomic E-state index is 0.281. The molecule has 1 unspecified atom stereocenters. The van der Waals surface area contributed by atoms with Gasteiger partial charge in [-0.2, -0.15) is 11.8 Å². The summed E-state index contributed by atoms with van der Waals surface area (Å²) in [6, 6.07) is -1.11. The largest absolute Gasteiger partial charge is 0.480 e. The Bertz CT molecular complexity index is 260. The molecular weight excluding hydrogens is 216 g/mol. The molecule has 15 heavy (non-hydrogen) atoms. The Morgan fingerprint density at radius 3 is 2.80 bits per heavy atom. The molecule has 2 N–H and O–H groups in total. The number of amides is 2. The lowest BCUT2D eigenvalue weighted by Gasteiger charge is -2.31. The highest BCUT2D eigenvalue weighted by Gasteiger charge is 2.23. The summed E-state index contributed by atoms with van der Waals surface area (Å²) in [7, 11) is 0. The van der Waals surface area contributed by atoms with Gasteiger partial charge in [0, 0.05) is 24.1 Å². The van der Waals surface area contributed by atoms with Crippen molar-refractivity contribution < 1.29 is 14.7 Å². The van der Waals surface area contributed by atoms with Crippen molar-refractivity contribution in [3.63, 3.8) is 0 Å². The Balaban J connectivity index is 2.42. The molecule has 1 aliphatic heterocycles. The zero-order chi connectivity index (χ0) is 11.4. The molecule has 0 spiro atoms. The molecule has 2 atom stereocenters.